The molecule has 0 aliphatic rings. The topological polar surface area (TPSA) is 46.4 Å². The quantitative estimate of drug-likeness (QED) is 0.899. The van der Waals surface area contributed by atoms with Crippen molar-refractivity contribution in [2.24, 2.45) is 0 Å². The lowest BCUT2D eigenvalue weighted by atomic mass is 10.2. The number of fused-ring (bicyclic) bond motifs is 1. The summed E-state index contributed by atoms with van der Waals surface area (Å²) in [5.41, 5.74) is 3.86. The lowest BCUT2D eigenvalue weighted by molar-refractivity contribution is -0.116. The minimum absolute atomic E-state index is 0.0747. The van der Waals surface area contributed by atoms with Crippen molar-refractivity contribution in [3.8, 4) is 0 Å². The first-order chi connectivity index (χ1) is 8.61. The van der Waals surface area contributed by atoms with E-state index in [1.54, 1.807) is 0 Å². The summed E-state index contributed by atoms with van der Waals surface area (Å²) < 4.78 is 2.00. The molecule has 96 valence electrons. The minimum Gasteiger partial charge on any atom is -0.325 e. The Kier molecular flexibility index (Phi) is 3.65. The van der Waals surface area contributed by atoms with Crippen LogP contribution >= 0.6 is 0 Å². The SMILES string of the molecule is CCCCC(=O)Nc1ccc2nc(C)c(C)n2c1. The molecule has 0 aliphatic heterocycles. The van der Waals surface area contributed by atoms with Crippen LogP contribution in [0.4, 0.5) is 5.69 Å². The fourth-order valence-corrected chi connectivity index (χ4v) is 1.91. The van der Waals surface area contributed by atoms with Gasteiger partial charge in [-0.25, -0.2) is 4.98 Å². The summed E-state index contributed by atoms with van der Waals surface area (Å²) in [4.78, 5) is 16.1. The maximum Gasteiger partial charge on any atom is 0.224 e. The number of hydrogen-bond donors (Lipinski definition) is 1. The zero-order valence-electron chi connectivity index (χ0n) is 11.2. The summed E-state index contributed by atoms with van der Waals surface area (Å²) in [6.45, 7) is 6.09. The van der Waals surface area contributed by atoms with E-state index in [0.717, 1.165) is 35.6 Å². The lowest BCUT2D eigenvalue weighted by Gasteiger charge is -2.06. The van der Waals surface area contributed by atoms with Crippen molar-refractivity contribution in [3.63, 3.8) is 0 Å². The normalized spacial score (nSPS) is 10.8. The van der Waals surface area contributed by atoms with E-state index in [1.807, 2.05) is 36.6 Å². The van der Waals surface area contributed by atoms with Crippen LogP contribution in [0.25, 0.3) is 5.65 Å². The molecule has 0 unspecified atom stereocenters. The van der Waals surface area contributed by atoms with Crippen LogP contribution in [0.15, 0.2) is 18.3 Å². The van der Waals surface area contributed by atoms with Gasteiger partial charge in [0.25, 0.3) is 0 Å². The summed E-state index contributed by atoms with van der Waals surface area (Å²) in [6.07, 6.45) is 4.47. The Morgan fingerprint density at radius 2 is 2.17 bits per heavy atom. The van der Waals surface area contributed by atoms with E-state index >= 15 is 0 Å². The summed E-state index contributed by atoms with van der Waals surface area (Å²) in [5, 5.41) is 2.92. The number of nitrogens with zero attached hydrogens (tertiary/aromatic N) is 2. The Bertz CT molecular complexity index is 572. The van der Waals surface area contributed by atoms with E-state index < -0.39 is 0 Å². The van der Waals surface area contributed by atoms with Crippen LogP contribution < -0.4 is 5.32 Å². The Hall–Kier alpha value is -1.84. The van der Waals surface area contributed by atoms with Crippen LogP contribution in [0.5, 0.6) is 0 Å². The molecular weight excluding hydrogens is 226 g/mol. The van der Waals surface area contributed by atoms with Crippen molar-refractivity contribution in [2.45, 2.75) is 40.0 Å². The van der Waals surface area contributed by atoms with Gasteiger partial charge >= 0.3 is 0 Å². The predicted molar refractivity (Wildman–Crippen MR) is 72.8 cm³/mol. The first-order valence-corrected chi connectivity index (χ1v) is 6.37. The van der Waals surface area contributed by atoms with Crippen molar-refractivity contribution in [3.05, 3.63) is 29.7 Å². The van der Waals surface area contributed by atoms with Gasteiger partial charge in [0.15, 0.2) is 0 Å². The Morgan fingerprint density at radius 3 is 2.89 bits per heavy atom. The fourth-order valence-electron chi connectivity index (χ4n) is 1.91. The van der Waals surface area contributed by atoms with Crippen LogP contribution in [0.3, 0.4) is 0 Å². The number of aromatic nitrogens is 2. The molecule has 0 fully saturated rings. The number of carbonyl (C=O) groups is 1. The van der Waals surface area contributed by atoms with Crippen molar-refractivity contribution in [1.29, 1.82) is 0 Å². The van der Waals surface area contributed by atoms with Crippen molar-refractivity contribution < 1.29 is 4.79 Å². The summed E-state index contributed by atoms with van der Waals surface area (Å²) in [7, 11) is 0. The lowest BCUT2D eigenvalue weighted by Crippen LogP contribution is -2.11. The van der Waals surface area contributed by atoms with Gasteiger partial charge in [-0.2, -0.15) is 0 Å². The van der Waals surface area contributed by atoms with E-state index in [4.69, 9.17) is 0 Å². The third-order valence-corrected chi connectivity index (χ3v) is 3.14. The highest BCUT2D eigenvalue weighted by atomic mass is 16.1. The molecule has 0 spiro atoms. The molecule has 2 rings (SSSR count). The van der Waals surface area contributed by atoms with Gasteiger partial charge in [0, 0.05) is 18.3 Å². The molecule has 2 aromatic heterocycles. The van der Waals surface area contributed by atoms with Crippen molar-refractivity contribution in [2.75, 3.05) is 5.32 Å². The van der Waals surface area contributed by atoms with Gasteiger partial charge in [0.2, 0.25) is 5.91 Å². The van der Waals surface area contributed by atoms with Crippen LogP contribution in [0.1, 0.15) is 37.6 Å². The molecule has 4 nitrogen and oxygen atoms in total. The van der Waals surface area contributed by atoms with E-state index in [0.29, 0.717) is 6.42 Å². The van der Waals surface area contributed by atoms with Gasteiger partial charge in [-0.3, -0.25) is 4.79 Å². The molecule has 4 heteroatoms. The van der Waals surface area contributed by atoms with Gasteiger partial charge in [-0.1, -0.05) is 13.3 Å². The second-order valence-corrected chi connectivity index (χ2v) is 4.58. The van der Waals surface area contributed by atoms with Gasteiger partial charge in [-0.05, 0) is 32.4 Å². The standard InChI is InChI=1S/C14H19N3O/c1-4-5-6-14(18)16-12-7-8-13-15-10(2)11(3)17(13)9-12/h7-9H,4-6H2,1-3H3,(H,16,18). The molecule has 0 aliphatic carbocycles. The van der Waals surface area contributed by atoms with Crippen molar-refractivity contribution >= 4 is 17.2 Å². The second kappa shape index (κ2) is 5.21. The number of aryl methyl sites for hydroxylation is 2. The second-order valence-electron chi connectivity index (χ2n) is 4.58. The Balaban J connectivity index is 2.19. The van der Waals surface area contributed by atoms with Gasteiger partial charge < -0.3 is 9.72 Å². The molecule has 0 saturated heterocycles. The van der Waals surface area contributed by atoms with E-state index in [9.17, 15) is 4.79 Å². The molecule has 0 radical (unpaired) electrons. The highest BCUT2D eigenvalue weighted by molar-refractivity contribution is 5.90. The monoisotopic (exact) mass is 245 g/mol. The number of pyridine rings is 1. The number of carbonyl (C=O) groups excluding carboxylic acids is 1. The Morgan fingerprint density at radius 1 is 1.39 bits per heavy atom. The number of imidazole rings is 1. The predicted octanol–water partition coefficient (Wildman–Crippen LogP) is 3.08. The average Bonchev–Trinajstić information content (AvgIpc) is 2.63. The number of rotatable bonds is 4. The molecule has 2 aromatic rings. The number of hydrogen-bond acceptors (Lipinski definition) is 2. The van der Waals surface area contributed by atoms with Gasteiger partial charge in [-0.15, -0.1) is 0 Å². The smallest absolute Gasteiger partial charge is 0.224 e. The number of nitrogens with one attached hydrogen (secondary N) is 1. The van der Waals surface area contributed by atoms with Gasteiger partial charge in [0.1, 0.15) is 5.65 Å². The highest BCUT2D eigenvalue weighted by Gasteiger charge is 2.06. The molecule has 0 saturated carbocycles. The van der Waals surface area contributed by atoms with E-state index in [2.05, 4.69) is 17.2 Å². The fraction of sp³-hybridized carbons (Fsp3) is 0.429. The van der Waals surface area contributed by atoms with E-state index in [-0.39, 0.29) is 5.91 Å². The third kappa shape index (κ3) is 2.53. The molecule has 2 heterocycles. The molecular formula is C14H19N3O. The molecule has 1 amide bonds. The summed E-state index contributed by atoms with van der Waals surface area (Å²) in [6, 6.07) is 3.82. The molecule has 0 bridgehead atoms. The zero-order chi connectivity index (χ0) is 13.1. The third-order valence-electron chi connectivity index (χ3n) is 3.14. The summed E-state index contributed by atoms with van der Waals surface area (Å²) >= 11 is 0. The number of anilines is 1. The number of unbranched alkanes of at least 4 members (excludes halogenated alkanes) is 1. The van der Waals surface area contributed by atoms with Crippen LogP contribution in [-0.4, -0.2) is 15.3 Å². The van der Waals surface area contributed by atoms with E-state index in [1.165, 1.54) is 0 Å². The first kappa shape index (κ1) is 12.6. The van der Waals surface area contributed by atoms with Crippen LogP contribution in [-0.2, 0) is 4.79 Å². The maximum atomic E-state index is 11.7. The van der Waals surface area contributed by atoms with Crippen LogP contribution in [0, 0.1) is 13.8 Å². The molecule has 1 N–H and O–H groups in total. The largest absolute Gasteiger partial charge is 0.325 e. The maximum absolute atomic E-state index is 11.7. The minimum atomic E-state index is 0.0747. The molecule has 18 heavy (non-hydrogen) atoms. The Labute approximate surface area is 107 Å². The van der Waals surface area contributed by atoms with Crippen LogP contribution in [0.2, 0.25) is 0 Å². The molecule has 0 aromatic carbocycles. The van der Waals surface area contributed by atoms with Gasteiger partial charge in [0.05, 0.1) is 11.4 Å². The average molecular weight is 245 g/mol. The summed E-state index contributed by atoms with van der Waals surface area (Å²) in [5.74, 6) is 0.0747. The molecule has 0 atom stereocenters. The van der Waals surface area contributed by atoms with Crippen molar-refractivity contribution in [1.82, 2.24) is 9.38 Å². The number of amides is 1. The zero-order valence-corrected chi connectivity index (χ0v) is 11.2. The first-order valence-electron chi connectivity index (χ1n) is 6.37. The highest BCUT2D eigenvalue weighted by Crippen LogP contribution is 2.15.